The maximum Gasteiger partial charge on any atom is 0.254 e. The molecular weight excluding hydrogens is 355 g/mol. The zero-order chi connectivity index (χ0) is 18.4. The van der Waals surface area contributed by atoms with Crippen LogP contribution in [-0.4, -0.2) is 22.4 Å². The number of nitrogens with one attached hydrogen (secondary N) is 2. The van der Waals surface area contributed by atoms with Gasteiger partial charge in [-0.05, 0) is 30.7 Å². The van der Waals surface area contributed by atoms with Crippen LogP contribution in [0.4, 0.5) is 16.0 Å². The number of benzene rings is 2. The lowest BCUT2D eigenvalue weighted by Gasteiger charge is -2.08. The second kappa shape index (κ2) is 8.40. The average Bonchev–Trinajstić information content (AvgIpc) is 2.65. The van der Waals surface area contributed by atoms with Gasteiger partial charge in [-0.15, -0.1) is 0 Å². The van der Waals surface area contributed by atoms with Crippen LogP contribution in [0.5, 0.6) is 0 Å². The third-order valence-electron chi connectivity index (χ3n) is 3.67. The second-order valence-corrected chi connectivity index (χ2v) is 5.90. The molecule has 1 amide bonds. The van der Waals surface area contributed by atoms with Gasteiger partial charge in [0.2, 0.25) is 5.95 Å². The highest BCUT2D eigenvalue weighted by atomic mass is 35.5. The fraction of sp³-hybridized carbons (Fsp3) is 0.105. The molecule has 0 bridgehead atoms. The number of rotatable bonds is 6. The third kappa shape index (κ3) is 4.55. The number of hydrogen-bond donors (Lipinski definition) is 2. The summed E-state index contributed by atoms with van der Waals surface area (Å²) in [5.41, 5.74) is 1.56. The zero-order valence-corrected chi connectivity index (χ0v) is 14.5. The first-order valence-electron chi connectivity index (χ1n) is 7.98. The molecule has 1 heterocycles. The Morgan fingerprint density at radius 3 is 2.46 bits per heavy atom. The third-order valence-corrected chi connectivity index (χ3v) is 4.02. The highest BCUT2D eigenvalue weighted by Crippen LogP contribution is 2.19. The van der Waals surface area contributed by atoms with E-state index in [1.807, 2.05) is 30.3 Å². The minimum atomic E-state index is -0.383. The molecule has 0 spiro atoms. The summed E-state index contributed by atoms with van der Waals surface area (Å²) in [5.74, 6) is -0.318. The van der Waals surface area contributed by atoms with E-state index in [9.17, 15) is 9.18 Å². The largest absolute Gasteiger partial charge is 0.352 e. The molecule has 5 nitrogen and oxygen atoms in total. The summed E-state index contributed by atoms with van der Waals surface area (Å²) >= 11 is 5.97. The van der Waals surface area contributed by atoms with E-state index in [0.29, 0.717) is 28.5 Å². The van der Waals surface area contributed by atoms with Crippen LogP contribution in [0.15, 0.2) is 60.9 Å². The van der Waals surface area contributed by atoms with Gasteiger partial charge in [0, 0.05) is 35.2 Å². The molecular formula is C19H16ClFN4O. The molecule has 0 saturated heterocycles. The minimum absolute atomic E-state index is 0.253. The number of anilines is 2. The van der Waals surface area contributed by atoms with Gasteiger partial charge in [0.05, 0.1) is 5.56 Å². The monoisotopic (exact) mass is 370 g/mol. The van der Waals surface area contributed by atoms with Crippen LogP contribution in [0.3, 0.4) is 0 Å². The number of nitrogens with zero attached hydrogens (tertiary/aromatic N) is 2. The fourth-order valence-corrected chi connectivity index (χ4v) is 2.59. The van der Waals surface area contributed by atoms with Crippen molar-refractivity contribution in [2.24, 2.45) is 0 Å². The molecule has 3 aromatic rings. The number of halogens is 2. The van der Waals surface area contributed by atoms with E-state index in [-0.39, 0.29) is 18.3 Å². The van der Waals surface area contributed by atoms with Gasteiger partial charge in [-0.25, -0.2) is 14.4 Å². The molecule has 2 N–H and O–H groups in total. The van der Waals surface area contributed by atoms with Crippen molar-refractivity contribution in [2.75, 3.05) is 11.9 Å². The predicted octanol–water partition coefficient (Wildman–Crippen LogP) is 3.99. The van der Waals surface area contributed by atoms with Gasteiger partial charge in [-0.2, -0.15) is 0 Å². The molecule has 3 rings (SSSR count). The van der Waals surface area contributed by atoms with E-state index in [2.05, 4.69) is 20.6 Å². The fourth-order valence-electron chi connectivity index (χ4n) is 2.33. The van der Waals surface area contributed by atoms with Gasteiger partial charge in [0.25, 0.3) is 5.91 Å². The van der Waals surface area contributed by atoms with Crippen LogP contribution in [0, 0.1) is 5.82 Å². The van der Waals surface area contributed by atoms with Crippen LogP contribution >= 0.6 is 11.6 Å². The molecule has 0 fully saturated rings. The summed E-state index contributed by atoms with van der Waals surface area (Å²) in [6.07, 6.45) is 3.17. The summed E-state index contributed by atoms with van der Waals surface area (Å²) < 4.78 is 13.7. The Kier molecular flexibility index (Phi) is 5.76. The SMILES string of the molecule is O=C(NCCc1c(F)cccc1Cl)c1cnc(Nc2ccccc2)nc1. The Balaban J connectivity index is 1.55. The van der Waals surface area contributed by atoms with Gasteiger partial charge in [0.15, 0.2) is 0 Å². The quantitative estimate of drug-likeness (QED) is 0.688. The normalized spacial score (nSPS) is 10.4. The predicted molar refractivity (Wildman–Crippen MR) is 99.2 cm³/mol. The molecule has 0 radical (unpaired) electrons. The Morgan fingerprint density at radius 2 is 1.77 bits per heavy atom. The molecule has 1 aromatic heterocycles. The van der Waals surface area contributed by atoms with Crippen molar-refractivity contribution < 1.29 is 9.18 Å². The first-order chi connectivity index (χ1) is 12.6. The maximum atomic E-state index is 13.7. The van der Waals surface area contributed by atoms with E-state index >= 15 is 0 Å². The smallest absolute Gasteiger partial charge is 0.254 e. The lowest BCUT2D eigenvalue weighted by molar-refractivity contribution is 0.0953. The highest BCUT2D eigenvalue weighted by Gasteiger charge is 2.10. The number of carbonyl (C=O) groups is 1. The molecule has 0 aliphatic carbocycles. The molecule has 0 aliphatic rings. The van der Waals surface area contributed by atoms with Gasteiger partial charge in [0.1, 0.15) is 5.82 Å². The van der Waals surface area contributed by atoms with E-state index in [0.717, 1.165) is 5.69 Å². The molecule has 132 valence electrons. The van der Waals surface area contributed by atoms with Gasteiger partial charge < -0.3 is 10.6 Å². The molecule has 0 atom stereocenters. The van der Waals surface area contributed by atoms with E-state index in [1.165, 1.54) is 18.5 Å². The van der Waals surface area contributed by atoms with Crippen LogP contribution in [0.2, 0.25) is 5.02 Å². The van der Waals surface area contributed by atoms with Crippen molar-refractivity contribution in [1.82, 2.24) is 15.3 Å². The molecule has 0 aliphatic heterocycles. The average molecular weight is 371 g/mol. The first kappa shape index (κ1) is 17.8. The van der Waals surface area contributed by atoms with Crippen molar-refractivity contribution in [3.8, 4) is 0 Å². The molecule has 2 aromatic carbocycles. The Morgan fingerprint density at radius 1 is 1.04 bits per heavy atom. The number of aromatic nitrogens is 2. The minimum Gasteiger partial charge on any atom is -0.352 e. The van der Waals surface area contributed by atoms with E-state index in [4.69, 9.17) is 11.6 Å². The Bertz CT molecular complexity index is 868. The number of hydrogen-bond acceptors (Lipinski definition) is 4. The summed E-state index contributed by atoms with van der Waals surface area (Å²) in [6, 6.07) is 14.0. The summed E-state index contributed by atoms with van der Waals surface area (Å²) in [7, 11) is 0. The summed E-state index contributed by atoms with van der Waals surface area (Å²) in [4.78, 5) is 20.4. The maximum absolute atomic E-state index is 13.7. The topological polar surface area (TPSA) is 66.9 Å². The lowest BCUT2D eigenvalue weighted by atomic mass is 10.1. The summed E-state index contributed by atoms with van der Waals surface area (Å²) in [5, 5.41) is 6.09. The van der Waals surface area contributed by atoms with Gasteiger partial charge in [-0.1, -0.05) is 35.9 Å². The van der Waals surface area contributed by atoms with Crippen molar-refractivity contribution >= 4 is 29.1 Å². The molecule has 7 heteroatoms. The number of para-hydroxylation sites is 1. The van der Waals surface area contributed by atoms with Crippen LogP contribution in [-0.2, 0) is 6.42 Å². The van der Waals surface area contributed by atoms with Crippen LogP contribution in [0.25, 0.3) is 0 Å². The highest BCUT2D eigenvalue weighted by molar-refractivity contribution is 6.31. The molecule has 26 heavy (non-hydrogen) atoms. The standard InChI is InChI=1S/C19H16ClFN4O/c20-16-7-4-8-17(21)15(16)9-10-22-18(26)13-11-23-19(24-12-13)25-14-5-2-1-3-6-14/h1-8,11-12H,9-10H2,(H,22,26)(H,23,24,25). The number of amides is 1. The van der Waals surface area contributed by atoms with Gasteiger partial charge in [-0.3, -0.25) is 4.79 Å². The van der Waals surface area contributed by atoms with Crippen molar-refractivity contribution in [1.29, 1.82) is 0 Å². The lowest BCUT2D eigenvalue weighted by Crippen LogP contribution is -2.26. The number of carbonyl (C=O) groups excluding carboxylic acids is 1. The Hall–Kier alpha value is -2.99. The van der Waals surface area contributed by atoms with Crippen molar-refractivity contribution in [2.45, 2.75) is 6.42 Å². The second-order valence-electron chi connectivity index (χ2n) is 5.49. The van der Waals surface area contributed by atoms with Gasteiger partial charge >= 0.3 is 0 Å². The van der Waals surface area contributed by atoms with Crippen molar-refractivity contribution in [3.05, 3.63) is 82.9 Å². The van der Waals surface area contributed by atoms with E-state index < -0.39 is 0 Å². The van der Waals surface area contributed by atoms with Crippen LogP contribution in [0.1, 0.15) is 15.9 Å². The first-order valence-corrected chi connectivity index (χ1v) is 8.36. The van der Waals surface area contributed by atoms with Crippen molar-refractivity contribution in [3.63, 3.8) is 0 Å². The molecule has 0 saturated carbocycles. The zero-order valence-electron chi connectivity index (χ0n) is 13.7. The summed E-state index contributed by atoms with van der Waals surface area (Å²) in [6.45, 7) is 0.253. The molecule has 0 unspecified atom stereocenters. The van der Waals surface area contributed by atoms with E-state index in [1.54, 1.807) is 12.1 Å². The Labute approximate surface area is 155 Å². The van der Waals surface area contributed by atoms with Crippen LogP contribution < -0.4 is 10.6 Å².